The van der Waals surface area contributed by atoms with Gasteiger partial charge in [0.2, 0.25) is 5.88 Å². The van der Waals surface area contributed by atoms with E-state index in [0.717, 1.165) is 0 Å². The average Bonchev–Trinajstić information content (AvgIpc) is 2.18. The number of ether oxygens (including phenoxy) is 1. The molecule has 0 radical (unpaired) electrons. The van der Waals surface area contributed by atoms with Crippen molar-refractivity contribution >= 4 is 18.2 Å². The number of rotatable bonds is 4. The molecule has 14 heavy (non-hydrogen) atoms. The van der Waals surface area contributed by atoms with Crippen molar-refractivity contribution in [1.82, 2.24) is 4.98 Å². The molecule has 0 aromatic carbocycles. The Morgan fingerprint density at radius 2 is 2.29 bits per heavy atom. The highest BCUT2D eigenvalue weighted by Crippen LogP contribution is 2.07. The number of halogens is 1. The number of aromatic nitrogens is 1. The highest BCUT2D eigenvalue weighted by molar-refractivity contribution is 5.97. The summed E-state index contributed by atoms with van der Waals surface area (Å²) in [4.78, 5) is 15.0. The maximum atomic E-state index is 11.1. The zero-order chi connectivity index (χ0) is 9.68. The topological polar surface area (TPSA) is 65.2 Å². The third-order valence-corrected chi connectivity index (χ3v) is 1.54. The molecular formula is C9H13ClN2O2. The van der Waals surface area contributed by atoms with E-state index in [1.165, 1.54) is 6.20 Å². The van der Waals surface area contributed by atoms with Crippen LogP contribution in [0.1, 0.15) is 17.3 Å². The van der Waals surface area contributed by atoms with Gasteiger partial charge in [-0.05, 0) is 13.0 Å². The Hall–Kier alpha value is -1.13. The molecule has 0 fully saturated rings. The fourth-order valence-corrected chi connectivity index (χ4v) is 0.896. The zero-order valence-electron chi connectivity index (χ0n) is 7.90. The lowest BCUT2D eigenvalue weighted by atomic mass is 10.2. The van der Waals surface area contributed by atoms with E-state index in [0.29, 0.717) is 18.1 Å². The summed E-state index contributed by atoms with van der Waals surface area (Å²) >= 11 is 0. The molecular weight excluding hydrogens is 204 g/mol. The molecule has 78 valence electrons. The lowest BCUT2D eigenvalue weighted by Crippen LogP contribution is -2.13. The van der Waals surface area contributed by atoms with E-state index in [2.05, 4.69) is 4.98 Å². The van der Waals surface area contributed by atoms with E-state index in [9.17, 15) is 4.79 Å². The normalized spacial score (nSPS) is 9.00. The second-order valence-electron chi connectivity index (χ2n) is 2.45. The summed E-state index contributed by atoms with van der Waals surface area (Å²) in [5, 5.41) is 0. The summed E-state index contributed by atoms with van der Waals surface area (Å²) in [7, 11) is 0. The number of pyridine rings is 1. The number of carbonyl (C=O) groups excluding carboxylic acids is 1. The van der Waals surface area contributed by atoms with Gasteiger partial charge in [-0.1, -0.05) is 0 Å². The van der Waals surface area contributed by atoms with Gasteiger partial charge in [0, 0.05) is 17.8 Å². The minimum Gasteiger partial charge on any atom is -0.478 e. The maximum absolute atomic E-state index is 11.1. The van der Waals surface area contributed by atoms with Gasteiger partial charge in [0.25, 0.3) is 0 Å². The highest BCUT2D eigenvalue weighted by Gasteiger charge is 2.03. The summed E-state index contributed by atoms with van der Waals surface area (Å²) in [6.07, 6.45) is 1.47. The van der Waals surface area contributed by atoms with Gasteiger partial charge in [0.05, 0.1) is 13.2 Å². The first-order valence-electron chi connectivity index (χ1n) is 4.10. The van der Waals surface area contributed by atoms with Crippen LogP contribution in [-0.2, 0) is 0 Å². The van der Waals surface area contributed by atoms with Gasteiger partial charge in [-0.15, -0.1) is 12.4 Å². The van der Waals surface area contributed by atoms with Gasteiger partial charge in [-0.3, -0.25) is 4.79 Å². The molecule has 1 heterocycles. The predicted octanol–water partition coefficient (Wildman–Crippen LogP) is 1.04. The van der Waals surface area contributed by atoms with Gasteiger partial charge in [-0.2, -0.15) is 0 Å². The smallest absolute Gasteiger partial charge is 0.213 e. The van der Waals surface area contributed by atoms with Crippen molar-refractivity contribution in [2.75, 3.05) is 13.2 Å². The summed E-state index contributed by atoms with van der Waals surface area (Å²) in [6.45, 7) is 2.45. The molecule has 0 atom stereocenters. The van der Waals surface area contributed by atoms with E-state index in [1.807, 2.05) is 6.92 Å². The Morgan fingerprint density at radius 3 is 2.71 bits per heavy atom. The minimum absolute atomic E-state index is 0. The van der Waals surface area contributed by atoms with Gasteiger partial charge < -0.3 is 10.5 Å². The predicted molar refractivity (Wildman–Crippen MR) is 56.0 cm³/mol. The molecule has 0 aliphatic heterocycles. The summed E-state index contributed by atoms with van der Waals surface area (Å²) in [5.41, 5.74) is 5.71. The van der Waals surface area contributed by atoms with Crippen LogP contribution in [0.5, 0.6) is 5.88 Å². The van der Waals surface area contributed by atoms with Crippen LogP contribution in [-0.4, -0.2) is 23.9 Å². The molecule has 0 saturated carbocycles. The minimum atomic E-state index is -0.115. The lowest BCUT2D eigenvalue weighted by Gasteiger charge is -2.01. The Morgan fingerprint density at radius 1 is 1.57 bits per heavy atom. The SMILES string of the molecule is CCOc1ccc(C(=O)CN)cn1.Cl. The molecule has 2 N–H and O–H groups in total. The van der Waals surface area contributed by atoms with Crippen LogP contribution in [0.2, 0.25) is 0 Å². The van der Waals surface area contributed by atoms with Crippen LogP contribution in [0.4, 0.5) is 0 Å². The van der Waals surface area contributed by atoms with Crippen molar-refractivity contribution in [3.63, 3.8) is 0 Å². The van der Waals surface area contributed by atoms with E-state index < -0.39 is 0 Å². The van der Waals surface area contributed by atoms with Crippen LogP contribution >= 0.6 is 12.4 Å². The largest absolute Gasteiger partial charge is 0.478 e. The highest BCUT2D eigenvalue weighted by atomic mass is 35.5. The number of Topliss-reactive ketones (excluding diaryl/α,β-unsaturated/α-hetero) is 1. The fraction of sp³-hybridized carbons (Fsp3) is 0.333. The Kier molecular flexibility index (Phi) is 5.83. The monoisotopic (exact) mass is 216 g/mol. The first-order valence-corrected chi connectivity index (χ1v) is 4.10. The Labute approximate surface area is 88.9 Å². The third kappa shape index (κ3) is 3.32. The number of ketones is 1. The van der Waals surface area contributed by atoms with Gasteiger partial charge in [-0.25, -0.2) is 4.98 Å². The molecule has 0 unspecified atom stereocenters. The van der Waals surface area contributed by atoms with Crippen LogP contribution in [0.25, 0.3) is 0 Å². The standard InChI is InChI=1S/C9H12N2O2.ClH/c1-2-13-9-4-3-7(6-11-9)8(12)5-10;/h3-4,6H,2,5,10H2,1H3;1H. The molecule has 0 bridgehead atoms. The van der Waals surface area contributed by atoms with E-state index in [-0.39, 0.29) is 24.7 Å². The maximum Gasteiger partial charge on any atom is 0.213 e. The molecule has 5 heteroatoms. The average molecular weight is 217 g/mol. The second kappa shape index (κ2) is 6.34. The van der Waals surface area contributed by atoms with Crippen molar-refractivity contribution in [1.29, 1.82) is 0 Å². The number of carbonyl (C=O) groups is 1. The van der Waals surface area contributed by atoms with Gasteiger partial charge >= 0.3 is 0 Å². The molecule has 0 saturated heterocycles. The van der Waals surface area contributed by atoms with Crippen LogP contribution in [0.15, 0.2) is 18.3 Å². The second-order valence-corrected chi connectivity index (χ2v) is 2.45. The van der Waals surface area contributed by atoms with E-state index in [4.69, 9.17) is 10.5 Å². The fourth-order valence-electron chi connectivity index (χ4n) is 0.896. The van der Waals surface area contributed by atoms with Crippen molar-refractivity contribution in [2.24, 2.45) is 5.73 Å². The van der Waals surface area contributed by atoms with Crippen molar-refractivity contribution in [2.45, 2.75) is 6.92 Å². The first-order chi connectivity index (χ1) is 6.27. The van der Waals surface area contributed by atoms with Crippen LogP contribution < -0.4 is 10.5 Å². The van der Waals surface area contributed by atoms with Gasteiger partial charge in [0.1, 0.15) is 0 Å². The van der Waals surface area contributed by atoms with Gasteiger partial charge in [0.15, 0.2) is 5.78 Å². The zero-order valence-corrected chi connectivity index (χ0v) is 8.71. The molecule has 0 aliphatic carbocycles. The number of hydrogen-bond donors (Lipinski definition) is 1. The number of nitrogens with two attached hydrogens (primary N) is 1. The van der Waals surface area contributed by atoms with E-state index >= 15 is 0 Å². The first kappa shape index (κ1) is 12.9. The molecule has 1 aromatic rings. The summed E-state index contributed by atoms with van der Waals surface area (Å²) < 4.78 is 5.12. The summed E-state index contributed by atoms with van der Waals surface area (Å²) in [5.74, 6) is 0.409. The Balaban J connectivity index is 0.00000169. The number of nitrogens with zero attached hydrogens (tertiary/aromatic N) is 1. The number of hydrogen-bond acceptors (Lipinski definition) is 4. The lowest BCUT2D eigenvalue weighted by molar-refractivity contribution is 0.100. The van der Waals surface area contributed by atoms with E-state index in [1.54, 1.807) is 12.1 Å². The molecule has 0 aliphatic rings. The summed E-state index contributed by atoms with van der Waals surface area (Å²) in [6, 6.07) is 3.32. The van der Waals surface area contributed by atoms with Crippen LogP contribution in [0, 0.1) is 0 Å². The molecule has 0 spiro atoms. The van der Waals surface area contributed by atoms with Crippen molar-refractivity contribution < 1.29 is 9.53 Å². The molecule has 1 aromatic heterocycles. The van der Waals surface area contributed by atoms with Crippen LogP contribution in [0.3, 0.4) is 0 Å². The molecule has 1 rings (SSSR count). The third-order valence-electron chi connectivity index (χ3n) is 1.54. The quantitative estimate of drug-likeness (QED) is 0.764. The molecule has 4 nitrogen and oxygen atoms in total. The molecule has 0 amide bonds. The van der Waals surface area contributed by atoms with Crippen molar-refractivity contribution in [3.8, 4) is 5.88 Å². The van der Waals surface area contributed by atoms with Crippen molar-refractivity contribution in [3.05, 3.63) is 23.9 Å². The Bertz CT molecular complexity index is 287.